The Morgan fingerprint density at radius 1 is 1.26 bits per heavy atom. The molecule has 0 amide bonds. The van der Waals surface area contributed by atoms with Crippen LogP contribution in [0.3, 0.4) is 0 Å². The molecule has 0 radical (unpaired) electrons. The quantitative estimate of drug-likeness (QED) is 0.929. The highest BCUT2D eigenvalue weighted by Gasteiger charge is 2.10. The molecule has 0 bridgehead atoms. The first-order valence-corrected chi connectivity index (χ1v) is 7.28. The molecule has 2 heterocycles. The average Bonchev–Trinajstić information content (AvgIpc) is 2.73. The van der Waals surface area contributed by atoms with Gasteiger partial charge in [0.05, 0.1) is 5.02 Å². The van der Waals surface area contributed by atoms with Crippen LogP contribution in [0.1, 0.15) is 5.56 Å². The first kappa shape index (κ1) is 13.0. The second kappa shape index (κ2) is 5.53. The molecule has 1 N–H and O–H groups in total. The van der Waals surface area contributed by atoms with Gasteiger partial charge < -0.3 is 14.8 Å². The van der Waals surface area contributed by atoms with E-state index in [4.69, 9.17) is 11.6 Å². The van der Waals surface area contributed by atoms with E-state index in [1.54, 1.807) is 0 Å². The Kier molecular flexibility index (Phi) is 3.78. The minimum absolute atomic E-state index is 0.849. The maximum absolute atomic E-state index is 6.26. The molecule has 0 aliphatic carbocycles. The lowest BCUT2D eigenvalue weighted by molar-refractivity contribution is 0.244. The summed E-state index contributed by atoms with van der Waals surface area (Å²) in [4.78, 5) is 2.52. The zero-order valence-corrected chi connectivity index (χ0v) is 12.1. The van der Waals surface area contributed by atoms with Gasteiger partial charge in [0.1, 0.15) is 0 Å². The van der Waals surface area contributed by atoms with Crippen molar-refractivity contribution < 1.29 is 0 Å². The lowest BCUT2D eigenvalue weighted by atomic mass is 10.1. The second-order valence-corrected chi connectivity index (χ2v) is 5.69. The highest BCUT2D eigenvalue weighted by atomic mass is 35.5. The molecule has 0 unspecified atom stereocenters. The van der Waals surface area contributed by atoms with Crippen molar-refractivity contribution in [1.82, 2.24) is 14.8 Å². The molecular weight excluding hydrogens is 258 g/mol. The Bertz CT molecular complexity index is 570. The maximum atomic E-state index is 6.26. The fourth-order valence-corrected chi connectivity index (χ4v) is 3.07. The van der Waals surface area contributed by atoms with E-state index in [-0.39, 0.29) is 0 Å². The summed E-state index contributed by atoms with van der Waals surface area (Å²) in [5, 5.41) is 5.40. The lowest BCUT2D eigenvalue weighted by Gasteiger charge is -2.27. The molecule has 0 atom stereocenters. The smallest absolute Gasteiger partial charge is 0.0661 e. The van der Waals surface area contributed by atoms with Crippen LogP contribution in [0.4, 0.5) is 0 Å². The number of fused-ring (bicyclic) bond motifs is 1. The maximum Gasteiger partial charge on any atom is 0.0661 e. The third-order valence-electron chi connectivity index (χ3n) is 3.93. The van der Waals surface area contributed by atoms with Crippen LogP contribution in [0.5, 0.6) is 0 Å². The molecule has 3 rings (SSSR count). The van der Waals surface area contributed by atoms with Crippen LogP contribution in [0.25, 0.3) is 10.9 Å². The zero-order valence-electron chi connectivity index (χ0n) is 11.3. The summed E-state index contributed by atoms with van der Waals surface area (Å²) in [7, 11) is 2.04. The molecule has 102 valence electrons. The molecule has 1 aromatic carbocycles. The number of piperazine rings is 1. The van der Waals surface area contributed by atoms with E-state index in [1.807, 2.05) is 13.2 Å². The number of benzene rings is 1. The molecule has 2 aromatic rings. The van der Waals surface area contributed by atoms with Crippen molar-refractivity contribution in [2.75, 3.05) is 32.7 Å². The van der Waals surface area contributed by atoms with Crippen LogP contribution < -0.4 is 5.32 Å². The number of aryl methyl sites for hydroxylation is 1. The van der Waals surface area contributed by atoms with Gasteiger partial charge in [-0.3, -0.25) is 0 Å². The summed E-state index contributed by atoms with van der Waals surface area (Å²) in [5.41, 5.74) is 2.58. The second-order valence-electron chi connectivity index (χ2n) is 5.28. The van der Waals surface area contributed by atoms with Crippen LogP contribution in [0.15, 0.2) is 24.4 Å². The molecule has 3 nitrogen and oxygen atoms in total. The van der Waals surface area contributed by atoms with E-state index >= 15 is 0 Å². The Morgan fingerprint density at radius 2 is 2.05 bits per heavy atom. The van der Waals surface area contributed by atoms with Gasteiger partial charge in [-0.25, -0.2) is 0 Å². The van der Waals surface area contributed by atoms with Crippen LogP contribution in [0, 0.1) is 0 Å². The van der Waals surface area contributed by atoms with Crippen molar-refractivity contribution >= 4 is 22.5 Å². The van der Waals surface area contributed by atoms with Crippen molar-refractivity contribution in [1.29, 1.82) is 0 Å². The van der Waals surface area contributed by atoms with Gasteiger partial charge >= 0.3 is 0 Å². The standard InChI is InChI=1S/C15H20ClN3/c1-18-11-14(16)13-10-12(2-3-15(13)18)4-7-19-8-5-17-6-9-19/h2-3,10-11,17H,4-9H2,1H3. The molecule has 4 heteroatoms. The first-order valence-electron chi connectivity index (χ1n) is 6.90. The molecule has 1 aliphatic heterocycles. The predicted octanol–water partition coefficient (Wildman–Crippen LogP) is 2.28. The van der Waals surface area contributed by atoms with Gasteiger partial charge in [0.15, 0.2) is 0 Å². The molecule has 0 spiro atoms. The van der Waals surface area contributed by atoms with Crippen LogP contribution >= 0.6 is 11.6 Å². The highest BCUT2D eigenvalue weighted by Crippen LogP contribution is 2.26. The molecule has 1 saturated heterocycles. The van der Waals surface area contributed by atoms with Gasteiger partial charge in [-0.1, -0.05) is 17.7 Å². The van der Waals surface area contributed by atoms with E-state index in [9.17, 15) is 0 Å². The SMILES string of the molecule is Cn1cc(Cl)c2cc(CCN3CCNCC3)ccc21. The number of rotatable bonds is 3. The highest BCUT2D eigenvalue weighted by molar-refractivity contribution is 6.35. The average molecular weight is 278 g/mol. The number of hydrogen-bond donors (Lipinski definition) is 1. The van der Waals surface area contributed by atoms with Crippen LogP contribution in [-0.4, -0.2) is 42.2 Å². The van der Waals surface area contributed by atoms with Crippen molar-refractivity contribution in [3.63, 3.8) is 0 Å². The van der Waals surface area contributed by atoms with Gasteiger partial charge in [-0.15, -0.1) is 0 Å². The van der Waals surface area contributed by atoms with Gasteiger partial charge in [0, 0.05) is 56.9 Å². The third kappa shape index (κ3) is 2.78. The Labute approximate surface area is 119 Å². The molecular formula is C15H20ClN3. The van der Waals surface area contributed by atoms with E-state index in [0.29, 0.717) is 0 Å². The molecule has 0 saturated carbocycles. The minimum atomic E-state index is 0.849. The fraction of sp³-hybridized carbons (Fsp3) is 0.467. The van der Waals surface area contributed by atoms with Gasteiger partial charge in [-0.2, -0.15) is 0 Å². The van der Waals surface area contributed by atoms with Gasteiger partial charge in [0.2, 0.25) is 0 Å². The fourth-order valence-electron chi connectivity index (χ4n) is 2.77. The summed E-state index contributed by atoms with van der Waals surface area (Å²) in [6.45, 7) is 5.69. The van der Waals surface area contributed by atoms with E-state index in [1.165, 1.54) is 16.5 Å². The predicted molar refractivity (Wildman–Crippen MR) is 80.9 cm³/mol. The number of nitrogens with one attached hydrogen (secondary N) is 1. The molecule has 1 fully saturated rings. The van der Waals surface area contributed by atoms with Crippen molar-refractivity contribution in [3.8, 4) is 0 Å². The third-order valence-corrected chi connectivity index (χ3v) is 4.23. The van der Waals surface area contributed by atoms with Gasteiger partial charge in [0.25, 0.3) is 0 Å². The topological polar surface area (TPSA) is 20.2 Å². The monoisotopic (exact) mass is 277 g/mol. The largest absolute Gasteiger partial charge is 0.349 e. The van der Waals surface area contributed by atoms with Crippen molar-refractivity contribution in [3.05, 3.63) is 35.0 Å². The number of hydrogen-bond acceptors (Lipinski definition) is 2. The lowest BCUT2D eigenvalue weighted by Crippen LogP contribution is -2.44. The Hall–Kier alpha value is -1.03. The summed E-state index contributed by atoms with van der Waals surface area (Å²) in [6, 6.07) is 6.63. The molecule has 1 aromatic heterocycles. The first-order chi connectivity index (χ1) is 9.24. The van der Waals surface area contributed by atoms with Crippen LogP contribution in [-0.2, 0) is 13.5 Å². The van der Waals surface area contributed by atoms with Crippen molar-refractivity contribution in [2.24, 2.45) is 7.05 Å². The number of halogens is 1. The number of nitrogens with zero attached hydrogens (tertiary/aromatic N) is 2. The Morgan fingerprint density at radius 3 is 2.84 bits per heavy atom. The Balaban J connectivity index is 1.72. The zero-order chi connectivity index (χ0) is 13.2. The summed E-state index contributed by atoms with van der Waals surface area (Å²) in [6.07, 6.45) is 3.08. The minimum Gasteiger partial charge on any atom is -0.349 e. The molecule has 1 aliphatic rings. The number of aromatic nitrogens is 1. The van der Waals surface area contributed by atoms with Crippen LogP contribution in [0.2, 0.25) is 5.02 Å². The summed E-state index contributed by atoms with van der Waals surface area (Å²) >= 11 is 6.26. The van der Waals surface area contributed by atoms with E-state index in [0.717, 1.165) is 44.2 Å². The van der Waals surface area contributed by atoms with E-state index in [2.05, 4.69) is 33.0 Å². The van der Waals surface area contributed by atoms with E-state index < -0.39 is 0 Å². The normalized spacial score (nSPS) is 17.2. The van der Waals surface area contributed by atoms with Crippen molar-refractivity contribution in [2.45, 2.75) is 6.42 Å². The summed E-state index contributed by atoms with van der Waals surface area (Å²) < 4.78 is 2.08. The summed E-state index contributed by atoms with van der Waals surface area (Å²) in [5.74, 6) is 0. The van der Waals surface area contributed by atoms with Gasteiger partial charge in [-0.05, 0) is 24.1 Å². The molecule has 19 heavy (non-hydrogen) atoms.